The Morgan fingerprint density at radius 1 is 1.52 bits per heavy atom. The molecule has 0 saturated heterocycles. The minimum Gasteiger partial charge on any atom is -0.476 e. The lowest BCUT2D eigenvalue weighted by molar-refractivity contribution is -0.114. The third-order valence-electron chi connectivity index (χ3n) is 3.00. The molecule has 7 heteroatoms. The summed E-state index contributed by atoms with van der Waals surface area (Å²) in [6.07, 6.45) is 5.14. The highest BCUT2D eigenvalue weighted by molar-refractivity contribution is 5.95. The fourth-order valence-corrected chi connectivity index (χ4v) is 1.86. The lowest BCUT2D eigenvalue weighted by atomic mass is 9.99. The maximum Gasteiger partial charge on any atom is 0.259 e. The van der Waals surface area contributed by atoms with E-state index >= 15 is 0 Å². The highest BCUT2D eigenvalue weighted by atomic mass is 16.5. The summed E-state index contributed by atoms with van der Waals surface area (Å²) in [6, 6.07) is 1.78. The SMILES string of the molecule is CC(C)(C)COc1cnc2[nH]cc(CC=C(C#N)C(N)=O)c2n1. The molecule has 0 spiro atoms. The zero-order valence-corrected chi connectivity index (χ0v) is 13.4. The highest BCUT2D eigenvalue weighted by Crippen LogP contribution is 2.20. The van der Waals surface area contributed by atoms with E-state index < -0.39 is 5.91 Å². The van der Waals surface area contributed by atoms with Crippen LogP contribution in [0.3, 0.4) is 0 Å². The van der Waals surface area contributed by atoms with Gasteiger partial charge in [0.25, 0.3) is 5.91 Å². The van der Waals surface area contributed by atoms with Gasteiger partial charge in [-0.3, -0.25) is 4.79 Å². The molecule has 1 amide bonds. The van der Waals surface area contributed by atoms with Crippen LogP contribution in [0.15, 0.2) is 24.0 Å². The van der Waals surface area contributed by atoms with Gasteiger partial charge in [0.15, 0.2) is 5.65 Å². The van der Waals surface area contributed by atoms with Crippen LogP contribution >= 0.6 is 0 Å². The molecule has 2 aromatic heterocycles. The molecule has 3 N–H and O–H groups in total. The van der Waals surface area contributed by atoms with Crippen LogP contribution in [0.4, 0.5) is 0 Å². The van der Waals surface area contributed by atoms with E-state index in [0.29, 0.717) is 30.1 Å². The topological polar surface area (TPSA) is 118 Å². The number of allylic oxidation sites excluding steroid dienone is 1. The Kier molecular flexibility index (Phi) is 4.65. The van der Waals surface area contributed by atoms with Gasteiger partial charge >= 0.3 is 0 Å². The molecule has 120 valence electrons. The van der Waals surface area contributed by atoms with Gasteiger partial charge in [-0.25, -0.2) is 9.97 Å². The lowest BCUT2D eigenvalue weighted by Gasteiger charge is -2.17. The van der Waals surface area contributed by atoms with Crippen LogP contribution in [0.5, 0.6) is 5.88 Å². The number of primary amides is 1. The van der Waals surface area contributed by atoms with Gasteiger partial charge in [0.2, 0.25) is 5.88 Å². The van der Waals surface area contributed by atoms with Crippen LogP contribution < -0.4 is 10.5 Å². The number of fused-ring (bicyclic) bond motifs is 1. The molecule has 7 nitrogen and oxygen atoms in total. The largest absolute Gasteiger partial charge is 0.476 e. The number of nitrogens with one attached hydrogen (secondary N) is 1. The van der Waals surface area contributed by atoms with Gasteiger partial charge in [-0.1, -0.05) is 26.8 Å². The molecular formula is C16H19N5O2. The van der Waals surface area contributed by atoms with E-state index in [0.717, 1.165) is 5.56 Å². The van der Waals surface area contributed by atoms with Gasteiger partial charge < -0.3 is 15.5 Å². The second-order valence-electron chi connectivity index (χ2n) is 6.37. The Bertz CT molecular complexity index is 793. The number of nitrogens with two attached hydrogens (primary N) is 1. The van der Waals surface area contributed by atoms with Gasteiger partial charge in [0.05, 0.1) is 12.8 Å². The number of nitrogens with zero attached hydrogens (tertiary/aromatic N) is 3. The maximum absolute atomic E-state index is 11.1. The second-order valence-corrected chi connectivity index (χ2v) is 6.37. The van der Waals surface area contributed by atoms with Gasteiger partial charge in [0, 0.05) is 11.8 Å². The van der Waals surface area contributed by atoms with E-state index in [1.54, 1.807) is 18.5 Å². The first-order valence-corrected chi connectivity index (χ1v) is 7.16. The Balaban J connectivity index is 2.25. The fourth-order valence-electron chi connectivity index (χ4n) is 1.86. The van der Waals surface area contributed by atoms with E-state index in [1.165, 1.54) is 6.08 Å². The quantitative estimate of drug-likeness (QED) is 0.645. The van der Waals surface area contributed by atoms with E-state index in [1.807, 2.05) is 0 Å². The summed E-state index contributed by atoms with van der Waals surface area (Å²) in [6.45, 7) is 6.73. The first kappa shape index (κ1) is 16.5. The van der Waals surface area contributed by atoms with Crippen LogP contribution in [0.25, 0.3) is 11.2 Å². The molecule has 23 heavy (non-hydrogen) atoms. The van der Waals surface area contributed by atoms with Crippen molar-refractivity contribution in [2.75, 3.05) is 6.61 Å². The summed E-state index contributed by atoms with van der Waals surface area (Å²) in [5, 5.41) is 8.85. The number of rotatable bonds is 5. The summed E-state index contributed by atoms with van der Waals surface area (Å²) < 4.78 is 5.66. The number of ether oxygens (including phenoxy) is 1. The zero-order chi connectivity index (χ0) is 17.0. The minimum atomic E-state index is -0.743. The van der Waals surface area contributed by atoms with Gasteiger partial charge in [-0.2, -0.15) is 5.26 Å². The Labute approximate surface area is 134 Å². The maximum atomic E-state index is 11.1. The zero-order valence-electron chi connectivity index (χ0n) is 13.4. The number of nitriles is 1. The molecule has 0 radical (unpaired) electrons. The van der Waals surface area contributed by atoms with Gasteiger partial charge in [-0.15, -0.1) is 0 Å². The smallest absolute Gasteiger partial charge is 0.259 e. The van der Waals surface area contributed by atoms with E-state index in [2.05, 4.69) is 35.7 Å². The second kappa shape index (κ2) is 6.48. The summed E-state index contributed by atoms with van der Waals surface area (Å²) >= 11 is 0. The van der Waals surface area contributed by atoms with Crippen molar-refractivity contribution < 1.29 is 9.53 Å². The molecule has 2 aromatic rings. The molecule has 0 aromatic carbocycles. The van der Waals surface area contributed by atoms with Gasteiger partial charge in [0.1, 0.15) is 17.2 Å². The molecule has 0 unspecified atom stereocenters. The number of hydrogen-bond donors (Lipinski definition) is 2. The number of aromatic nitrogens is 3. The average Bonchev–Trinajstić information content (AvgIpc) is 2.87. The van der Waals surface area contributed by atoms with Crippen molar-refractivity contribution in [1.29, 1.82) is 5.26 Å². The molecule has 0 fully saturated rings. The van der Waals surface area contributed by atoms with Crippen LogP contribution in [0.1, 0.15) is 26.3 Å². The molecule has 0 atom stereocenters. The van der Waals surface area contributed by atoms with Gasteiger partial charge in [-0.05, 0) is 11.8 Å². The van der Waals surface area contributed by atoms with Crippen LogP contribution in [0, 0.1) is 16.7 Å². The molecular weight excluding hydrogens is 294 g/mol. The number of aromatic amines is 1. The third-order valence-corrected chi connectivity index (χ3v) is 3.00. The molecule has 2 heterocycles. The lowest BCUT2D eigenvalue weighted by Crippen LogP contribution is -2.17. The molecule has 0 aliphatic rings. The van der Waals surface area contributed by atoms with Crippen molar-refractivity contribution in [3.8, 4) is 11.9 Å². The van der Waals surface area contributed by atoms with E-state index in [-0.39, 0.29) is 11.0 Å². The number of carbonyl (C=O) groups excluding carboxylic acids is 1. The summed E-state index contributed by atoms with van der Waals surface area (Å²) in [4.78, 5) is 22.8. The average molecular weight is 313 g/mol. The van der Waals surface area contributed by atoms with E-state index in [4.69, 9.17) is 15.7 Å². The number of amides is 1. The standard InChI is InChI=1S/C16H19N5O2/c1-16(2,3)9-23-12-8-20-15-13(21-12)11(7-19-15)5-4-10(6-17)14(18)22/h4,7-8H,5,9H2,1-3H3,(H2,18,22)(H,19,20). The number of H-pyrrole nitrogens is 1. The normalized spacial score (nSPS) is 12.2. The minimum absolute atomic E-state index is 0.0174. The Morgan fingerprint density at radius 2 is 2.26 bits per heavy atom. The number of hydrogen-bond acceptors (Lipinski definition) is 5. The van der Waals surface area contributed by atoms with Crippen molar-refractivity contribution in [2.45, 2.75) is 27.2 Å². The van der Waals surface area contributed by atoms with Crippen LogP contribution in [-0.2, 0) is 11.2 Å². The molecule has 0 aliphatic carbocycles. The Hall–Kier alpha value is -2.88. The predicted octanol–water partition coefficient (Wildman–Crippen LogP) is 1.86. The Morgan fingerprint density at radius 3 is 2.87 bits per heavy atom. The van der Waals surface area contributed by atoms with Crippen molar-refractivity contribution in [2.24, 2.45) is 11.1 Å². The molecule has 0 saturated carbocycles. The monoisotopic (exact) mass is 313 g/mol. The first-order chi connectivity index (χ1) is 10.8. The van der Waals surface area contributed by atoms with Crippen molar-refractivity contribution in [1.82, 2.24) is 15.0 Å². The predicted molar refractivity (Wildman–Crippen MR) is 85.4 cm³/mol. The third kappa shape index (κ3) is 4.30. The number of carbonyl (C=O) groups is 1. The molecule has 0 aliphatic heterocycles. The van der Waals surface area contributed by atoms with E-state index in [9.17, 15) is 4.79 Å². The van der Waals surface area contributed by atoms with Crippen LogP contribution in [-0.4, -0.2) is 27.5 Å². The molecule has 0 bridgehead atoms. The summed E-state index contributed by atoms with van der Waals surface area (Å²) in [7, 11) is 0. The summed E-state index contributed by atoms with van der Waals surface area (Å²) in [5.41, 5.74) is 7.13. The summed E-state index contributed by atoms with van der Waals surface area (Å²) in [5.74, 6) is -0.305. The van der Waals surface area contributed by atoms with Crippen molar-refractivity contribution in [3.05, 3.63) is 29.6 Å². The van der Waals surface area contributed by atoms with Crippen LogP contribution in [0.2, 0.25) is 0 Å². The van der Waals surface area contributed by atoms with Crippen molar-refractivity contribution >= 4 is 17.1 Å². The molecule has 2 rings (SSSR count). The highest BCUT2D eigenvalue weighted by Gasteiger charge is 2.13. The fraction of sp³-hybridized carbons (Fsp3) is 0.375. The first-order valence-electron chi connectivity index (χ1n) is 7.16. The van der Waals surface area contributed by atoms with Crippen molar-refractivity contribution in [3.63, 3.8) is 0 Å².